The molecule has 2 heteroatoms. The highest BCUT2D eigenvalue weighted by Gasteiger charge is 2.28. The maximum atomic E-state index is 5.09. The van der Waals surface area contributed by atoms with Crippen LogP contribution in [0.4, 0.5) is 5.69 Å². The maximum Gasteiger partial charge on any atom is 0.0831 e. The molecule has 1 atom stereocenters. The van der Waals surface area contributed by atoms with Crippen molar-refractivity contribution in [1.29, 1.82) is 0 Å². The number of hydrogen-bond donors (Lipinski definition) is 0. The summed E-state index contributed by atoms with van der Waals surface area (Å²) in [7, 11) is 0. The van der Waals surface area contributed by atoms with E-state index in [9.17, 15) is 0 Å². The van der Waals surface area contributed by atoms with Gasteiger partial charge in [-0.1, -0.05) is 108 Å². The Morgan fingerprint density at radius 3 is 1.97 bits per heavy atom. The fourth-order valence-electron chi connectivity index (χ4n) is 4.62. The highest BCUT2D eigenvalue weighted by molar-refractivity contribution is 6.01. The molecule has 3 aromatic carbocycles. The molecule has 0 spiro atoms. The van der Waals surface area contributed by atoms with Gasteiger partial charge in [-0.05, 0) is 70.7 Å². The van der Waals surface area contributed by atoms with Gasteiger partial charge in [0.05, 0.1) is 17.4 Å². The smallest absolute Gasteiger partial charge is 0.0831 e. The van der Waals surface area contributed by atoms with Gasteiger partial charge in [-0.25, -0.2) is 0 Å². The Balaban J connectivity index is 1.59. The molecular weight excluding hydrogens is 424 g/mol. The van der Waals surface area contributed by atoms with Crippen LogP contribution in [0.5, 0.6) is 0 Å². The summed E-state index contributed by atoms with van der Waals surface area (Å²) in [6.07, 6.45) is 8.89. The van der Waals surface area contributed by atoms with Crippen molar-refractivity contribution in [1.82, 2.24) is 0 Å². The lowest BCUT2D eigenvalue weighted by Crippen LogP contribution is -2.18. The van der Waals surface area contributed by atoms with E-state index in [2.05, 4.69) is 125 Å². The zero-order valence-electron chi connectivity index (χ0n) is 22.0. The molecule has 0 saturated carbocycles. The van der Waals surface area contributed by atoms with E-state index in [1.165, 1.54) is 40.7 Å². The van der Waals surface area contributed by atoms with Crippen LogP contribution in [0, 0.1) is 0 Å². The minimum Gasteiger partial charge on any atom is -0.257 e. The summed E-state index contributed by atoms with van der Waals surface area (Å²) in [6.45, 7) is 11.2. The molecule has 0 N–H and O–H groups in total. The molecule has 4 rings (SSSR count). The van der Waals surface area contributed by atoms with E-state index in [0.29, 0.717) is 11.8 Å². The molecular formula is C33H40N2. The molecule has 0 bridgehead atoms. The third kappa shape index (κ3) is 6.31. The van der Waals surface area contributed by atoms with Gasteiger partial charge >= 0.3 is 0 Å². The molecule has 1 heterocycles. The predicted molar refractivity (Wildman–Crippen MR) is 152 cm³/mol. The highest BCUT2D eigenvalue weighted by atomic mass is 15.5. The van der Waals surface area contributed by atoms with Crippen LogP contribution in [-0.4, -0.2) is 5.71 Å². The van der Waals surface area contributed by atoms with E-state index >= 15 is 0 Å². The first kappa shape index (κ1) is 25.0. The maximum absolute atomic E-state index is 5.09. The molecule has 35 heavy (non-hydrogen) atoms. The first-order valence-electron chi connectivity index (χ1n) is 13.3. The van der Waals surface area contributed by atoms with Gasteiger partial charge in [0, 0.05) is 6.42 Å². The minimum atomic E-state index is 0.209. The lowest BCUT2D eigenvalue weighted by atomic mass is 9.96. The molecule has 0 fully saturated rings. The van der Waals surface area contributed by atoms with E-state index in [1.807, 2.05) is 0 Å². The van der Waals surface area contributed by atoms with Crippen LogP contribution in [0.3, 0.4) is 0 Å². The summed E-state index contributed by atoms with van der Waals surface area (Å²) in [5.41, 5.74) is 8.97. The number of benzene rings is 3. The number of aryl methyl sites for hydroxylation is 1. The van der Waals surface area contributed by atoms with Crippen LogP contribution in [0.2, 0.25) is 0 Å². The van der Waals surface area contributed by atoms with Gasteiger partial charge in [0.15, 0.2) is 0 Å². The van der Waals surface area contributed by atoms with Crippen molar-refractivity contribution in [2.75, 3.05) is 5.01 Å². The van der Waals surface area contributed by atoms with Gasteiger partial charge in [-0.2, -0.15) is 5.10 Å². The summed E-state index contributed by atoms with van der Waals surface area (Å²) < 4.78 is 0. The van der Waals surface area contributed by atoms with Crippen LogP contribution >= 0.6 is 0 Å². The molecule has 0 radical (unpaired) electrons. The van der Waals surface area contributed by atoms with Crippen LogP contribution in [0.15, 0.2) is 84.0 Å². The van der Waals surface area contributed by atoms with Gasteiger partial charge in [0.2, 0.25) is 0 Å². The number of nitrogens with zero attached hydrogens (tertiary/aromatic N) is 2. The van der Waals surface area contributed by atoms with Gasteiger partial charge in [0.1, 0.15) is 0 Å². The van der Waals surface area contributed by atoms with Crippen molar-refractivity contribution in [3.8, 4) is 0 Å². The molecule has 3 aromatic rings. The van der Waals surface area contributed by atoms with Crippen molar-refractivity contribution in [3.05, 3.63) is 107 Å². The van der Waals surface area contributed by atoms with E-state index in [4.69, 9.17) is 5.10 Å². The molecule has 0 amide bonds. The number of rotatable bonds is 9. The Morgan fingerprint density at radius 1 is 0.800 bits per heavy atom. The topological polar surface area (TPSA) is 15.6 Å². The van der Waals surface area contributed by atoms with Crippen molar-refractivity contribution in [3.63, 3.8) is 0 Å². The average molecular weight is 465 g/mol. The zero-order valence-corrected chi connectivity index (χ0v) is 22.0. The number of unbranched alkanes of at least 4 members (excludes halogenated alkanes) is 1. The van der Waals surface area contributed by atoms with E-state index in [1.54, 1.807) is 0 Å². The summed E-state index contributed by atoms with van der Waals surface area (Å²) in [5, 5.41) is 7.31. The quantitative estimate of drug-likeness (QED) is 0.308. The normalized spacial score (nSPS) is 16.0. The van der Waals surface area contributed by atoms with Crippen molar-refractivity contribution in [2.24, 2.45) is 5.10 Å². The third-order valence-electron chi connectivity index (χ3n) is 7.01. The second-order valence-corrected chi connectivity index (χ2v) is 10.4. The van der Waals surface area contributed by atoms with Crippen LogP contribution in [-0.2, 0) is 6.42 Å². The molecule has 1 aliphatic heterocycles. The summed E-state index contributed by atoms with van der Waals surface area (Å²) in [4.78, 5) is 0. The van der Waals surface area contributed by atoms with Gasteiger partial charge in [0.25, 0.3) is 0 Å². The molecule has 0 aromatic heterocycles. The Bertz CT molecular complexity index is 1130. The molecule has 2 nitrogen and oxygen atoms in total. The molecule has 0 saturated heterocycles. The lowest BCUT2D eigenvalue weighted by Gasteiger charge is -2.24. The fourth-order valence-corrected chi connectivity index (χ4v) is 4.62. The van der Waals surface area contributed by atoms with Crippen LogP contribution in [0.1, 0.15) is 99.6 Å². The van der Waals surface area contributed by atoms with E-state index in [0.717, 1.165) is 24.2 Å². The SMILES string of the molecule is CCCCc1ccc(N2N=C(C=Cc3ccc(C(C)C)cc3)CC2c2ccc(C(C)C)cc2)cc1. The third-order valence-corrected chi connectivity index (χ3v) is 7.01. The summed E-state index contributed by atoms with van der Waals surface area (Å²) in [6, 6.07) is 27.2. The fraction of sp³-hybridized carbons (Fsp3) is 0.364. The van der Waals surface area contributed by atoms with E-state index < -0.39 is 0 Å². The van der Waals surface area contributed by atoms with Crippen molar-refractivity contribution < 1.29 is 0 Å². The lowest BCUT2D eigenvalue weighted by molar-refractivity contribution is 0.707. The number of allylic oxidation sites excluding steroid dienone is 1. The zero-order chi connectivity index (χ0) is 24.8. The average Bonchev–Trinajstić information content (AvgIpc) is 3.31. The number of hydrazone groups is 1. The second kappa shape index (κ2) is 11.5. The van der Waals surface area contributed by atoms with Gasteiger partial charge in [-0.15, -0.1) is 0 Å². The summed E-state index contributed by atoms with van der Waals surface area (Å²) in [5.74, 6) is 1.09. The minimum absolute atomic E-state index is 0.209. The van der Waals surface area contributed by atoms with Gasteiger partial charge < -0.3 is 0 Å². The number of hydrogen-bond acceptors (Lipinski definition) is 2. The largest absolute Gasteiger partial charge is 0.257 e. The molecule has 0 aliphatic carbocycles. The van der Waals surface area contributed by atoms with Crippen molar-refractivity contribution in [2.45, 2.75) is 78.2 Å². The Morgan fingerprint density at radius 2 is 1.40 bits per heavy atom. The first-order chi connectivity index (χ1) is 16.9. The van der Waals surface area contributed by atoms with Crippen LogP contribution in [0.25, 0.3) is 6.08 Å². The number of anilines is 1. The monoisotopic (exact) mass is 464 g/mol. The van der Waals surface area contributed by atoms with Crippen molar-refractivity contribution >= 4 is 17.5 Å². The second-order valence-electron chi connectivity index (χ2n) is 10.4. The predicted octanol–water partition coefficient (Wildman–Crippen LogP) is 9.30. The summed E-state index contributed by atoms with van der Waals surface area (Å²) >= 11 is 0. The molecule has 1 aliphatic rings. The molecule has 182 valence electrons. The molecule has 1 unspecified atom stereocenters. The Kier molecular flexibility index (Phi) is 8.23. The highest BCUT2D eigenvalue weighted by Crippen LogP contribution is 2.36. The Labute approximate surface area is 212 Å². The first-order valence-corrected chi connectivity index (χ1v) is 13.3. The van der Waals surface area contributed by atoms with Gasteiger partial charge in [-0.3, -0.25) is 5.01 Å². The van der Waals surface area contributed by atoms with Crippen LogP contribution < -0.4 is 5.01 Å². The standard InChI is InChI=1S/C33H40N2/c1-6-7-8-26-12-21-32(22-13-26)35-33(30-18-16-29(17-19-30)25(4)5)23-31(34-35)20-11-27-9-14-28(15-10-27)24(2)3/h9-22,24-25,33H,6-8,23H2,1-5H3. The van der Waals surface area contributed by atoms with E-state index in [-0.39, 0.29) is 6.04 Å². The Hall–Kier alpha value is -3.13.